The summed E-state index contributed by atoms with van der Waals surface area (Å²) in [4.78, 5) is 7.41. The van der Waals surface area contributed by atoms with Crippen molar-refractivity contribution in [2.45, 2.75) is 64.6 Å². The molecule has 0 atom stereocenters. The number of nitrogens with one attached hydrogen (secondary N) is 2. The molecule has 1 rings (SSSR count). The van der Waals surface area contributed by atoms with Gasteiger partial charge in [-0.15, -0.1) is 24.0 Å². The van der Waals surface area contributed by atoms with Crippen LogP contribution in [0, 0.1) is 0 Å². The van der Waals surface area contributed by atoms with E-state index in [-0.39, 0.29) is 24.0 Å². The van der Waals surface area contributed by atoms with Gasteiger partial charge in [0.05, 0.1) is 11.4 Å². The fourth-order valence-electron chi connectivity index (χ4n) is 2.94. The van der Waals surface area contributed by atoms with Gasteiger partial charge in [0.1, 0.15) is 0 Å². The number of hydrogen-bond donors (Lipinski definition) is 2. The molecule has 0 aliphatic heterocycles. The summed E-state index contributed by atoms with van der Waals surface area (Å²) in [5.74, 6) is 0.783. The highest BCUT2D eigenvalue weighted by molar-refractivity contribution is 14.0. The third-order valence-corrected chi connectivity index (χ3v) is 5.46. The Labute approximate surface area is 188 Å². The first-order valence-corrected chi connectivity index (χ1v) is 11.6. The second kappa shape index (κ2) is 13.4. The van der Waals surface area contributed by atoms with Gasteiger partial charge >= 0.3 is 0 Å². The van der Waals surface area contributed by atoms with E-state index in [1.54, 1.807) is 12.1 Å². The zero-order chi connectivity index (χ0) is 20.4. The summed E-state index contributed by atoms with van der Waals surface area (Å²) in [6, 6.07) is 7.97. The van der Waals surface area contributed by atoms with E-state index in [0.717, 1.165) is 37.6 Å². The molecule has 162 valence electrons. The van der Waals surface area contributed by atoms with Gasteiger partial charge in [0.2, 0.25) is 0 Å². The molecule has 28 heavy (non-hydrogen) atoms. The maximum absolute atomic E-state index is 11.5. The third kappa shape index (κ3) is 10.1. The molecule has 8 heteroatoms. The van der Waals surface area contributed by atoms with Crippen LogP contribution in [0.4, 0.5) is 0 Å². The Balaban J connectivity index is 0.00000729. The smallest absolute Gasteiger partial charge is 0.191 e. The van der Waals surface area contributed by atoms with Crippen molar-refractivity contribution < 1.29 is 8.42 Å². The number of guanidine groups is 1. The summed E-state index contributed by atoms with van der Waals surface area (Å²) >= 11 is 0. The van der Waals surface area contributed by atoms with Crippen molar-refractivity contribution in [2.24, 2.45) is 4.99 Å². The van der Waals surface area contributed by atoms with Crippen molar-refractivity contribution >= 4 is 39.8 Å². The molecule has 0 aliphatic carbocycles. The summed E-state index contributed by atoms with van der Waals surface area (Å²) < 4.78 is 23.0. The molecule has 0 unspecified atom stereocenters. The first kappa shape index (κ1) is 27.1. The molecule has 2 N–H and O–H groups in total. The van der Waals surface area contributed by atoms with Crippen molar-refractivity contribution in [3.63, 3.8) is 0 Å². The van der Waals surface area contributed by atoms with Crippen LogP contribution in [-0.4, -0.2) is 57.3 Å². The first-order chi connectivity index (χ1) is 12.6. The lowest BCUT2D eigenvalue weighted by atomic mass is 10.2. The van der Waals surface area contributed by atoms with Crippen LogP contribution in [0.3, 0.4) is 0 Å². The lowest BCUT2D eigenvalue weighted by Gasteiger charge is -2.30. The van der Waals surface area contributed by atoms with Gasteiger partial charge in [-0.1, -0.05) is 12.1 Å². The maximum atomic E-state index is 11.5. The predicted octanol–water partition coefficient (Wildman–Crippen LogP) is 3.27. The van der Waals surface area contributed by atoms with Crippen molar-refractivity contribution in [2.75, 3.05) is 25.9 Å². The van der Waals surface area contributed by atoms with Crippen LogP contribution in [0.2, 0.25) is 0 Å². The molecule has 0 fully saturated rings. The zero-order valence-electron chi connectivity index (χ0n) is 18.0. The van der Waals surface area contributed by atoms with E-state index in [4.69, 9.17) is 0 Å². The fourth-order valence-corrected chi connectivity index (χ4v) is 3.57. The Hall–Kier alpha value is -0.870. The summed E-state index contributed by atoms with van der Waals surface area (Å²) in [6.45, 7) is 14.2. The van der Waals surface area contributed by atoms with E-state index in [1.165, 1.54) is 6.26 Å². The van der Waals surface area contributed by atoms with E-state index < -0.39 is 9.84 Å². The van der Waals surface area contributed by atoms with E-state index in [2.05, 4.69) is 48.2 Å². The Kier molecular flexibility index (Phi) is 13.0. The Bertz CT molecular complexity index is 681. The zero-order valence-corrected chi connectivity index (χ0v) is 21.2. The predicted molar refractivity (Wildman–Crippen MR) is 129 cm³/mol. The van der Waals surface area contributed by atoms with Crippen molar-refractivity contribution in [1.82, 2.24) is 15.5 Å². The van der Waals surface area contributed by atoms with Crippen LogP contribution in [0.1, 0.15) is 46.6 Å². The molecule has 0 heterocycles. The number of rotatable bonds is 10. The summed E-state index contributed by atoms with van der Waals surface area (Å²) in [7, 11) is -3.16. The minimum absolute atomic E-state index is 0. The van der Waals surface area contributed by atoms with Gasteiger partial charge in [-0.05, 0) is 58.7 Å². The van der Waals surface area contributed by atoms with Crippen LogP contribution in [0.5, 0.6) is 0 Å². The van der Waals surface area contributed by atoms with Crippen LogP contribution in [-0.2, 0) is 16.4 Å². The van der Waals surface area contributed by atoms with Gasteiger partial charge in [0.25, 0.3) is 0 Å². The van der Waals surface area contributed by atoms with Gasteiger partial charge in [0, 0.05) is 38.0 Å². The number of hydrogen-bond acceptors (Lipinski definition) is 4. The molecule has 6 nitrogen and oxygen atoms in total. The first-order valence-electron chi connectivity index (χ1n) is 9.72. The molecule has 0 saturated heterocycles. The van der Waals surface area contributed by atoms with Gasteiger partial charge in [-0.3, -0.25) is 4.90 Å². The molecule has 0 radical (unpaired) electrons. The maximum Gasteiger partial charge on any atom is 0.191 e. The molecule has 0 bridgehead atoms. The van der Waals surface area contributed by atoms with Crippen molar-refractivity contribution in [1.29, 1.82) is 0 Å². The average molecular weight is 525 g/mol. The van der Waals surface area contributed by atoms with Gasteiger partial charge in [0.15, 0.2) is 15.8 Å². The van der Waals surface area contributed by atoms with E-state index in [9.17, 15) is 8.42 Å². The molecule has 1 aromatic rings. The second-order valence-electron chi connectivity index (χ2n) is 7.32. The average Bonchev–Trinajstić information content (AvgIpc) is 2.58. The fraction of sp³-hybridized carbons (Fsp3) is 0.650. The molecule has 0 aromatic heterocycles. The number of halogens is 1. The van der Waals surface area contributed by atoms with Crippen LogP contribution in [0.15, 0.2) is 34.2 Å². The molecular formula is C20H37IN4O2S. The normalized spacial score (nSPS) is 12.4. The lowest BCUT2D eigenvalue weighted by molar-refractivity contribution is 0.173. The molecule has 0 saturated carbocycles. The topological polar surface area (TPSA) is 73.8 Å². The number of nitrogens with zero attached hydrogens (tertiary/aromatic N) is 2. The number of benzene rings is 1. The highest BCUT2D eigenvalue weighted by atomic mass is 127. The molecule has 0 spiro atoms. The quantitative estimate of drug-likeness (QED) is 0.213. The minimum atomic E-state index is -3.16. The van der Waals surface area contributed by atoms with E-state index >= 15 is 0 Å². The number of aliphatic imine (C=N–C) groups is 1. The SMILES string of the molecule is CCNC(=NCc1ccc(S(C)(=O)=O)cc1)NCCCN(C(C)C)C(C)C.I. The minimum Gasteiger partial charge on any atom is -0.357 e. The van der Waals surface area contributed by atoms with Crippen LogP contribution in [0.25, 0.3) is 0 Å². The summed E-state index contributed by atoms with van der Waals surface area (Å²) in [5, 5.41) is 6.63. The van der Waals surface area contributed by atoms with E-state index in [1.807, 2.05) is 19.1 Å². The Morgan fingerprint density at radius 1 is 1.07 bits per heavy atom. The highest BCUT2D eigenvalue weighted by Gasteiger charge is 2.12. The molecule has 0 amide bonds. The molecular weight excluding hydrogens is 487 g/mol. The largest absolute Gasteiger partial charge is 0.357 e. The van der Waals surface area contributed by atoms with Gasteiger partial charge in [-0.2, -0.15) is 0 Å². The van der Waals surface area contributed by atoms with Gasteiger partial charge < -0.3 is 10.6 Å². The van der Waals surface area contributed by atoms with Gasteiger partial charge in [-0.25, -0.2) is 13.4 Å². The third-order valence-electron chi connectivity index (χ3n) is 4.33. The van der Waals surface area contributed by atoms with Crippen LogP contribution < -0.4 is 10.6 Å². The Morgan fingerprint density at radius 2 is 1.64 bits per heavy atom. The van der Waals surface area contributed by atoms with E-state index in [0.29, 0.717) is 23.5 Å². The second-order valence-corrected chi connectivity index (χ2v) is 9.33. The summed E-state index contributed by atoms with van der Waals surface area (Å²) in [5.41, 5.74) is 0.977. The molecule has 0 aliphatic rings. The monoisotopic (exact) mass is 524 g/mol. The van der Waals surface area contributed by atoms with Crippen LogP contribution >= 0.6 is 24.0 Å². The lowest BCUT2D eigenvalue weighted by Crippen LogP contribution is -2.41. The number of sulfone groups is 1. The highest BCUT2D eigenvalue weighted by Crippen LogP contribution is 2.11. The Morgan fingerprint density at radius 3 is 2.11 bits per heavy atom. The summed E-state index contributed by atoms with van der Waals surface area (Å²) in [6.07, 6.45) is 2.26. The van der Waals surface area contributed by atoms with Crippen molar-refractivity contribution in [3.8, 4) is 0 Å². The molecule has 1 aromatic carbocycles. The standard InChI is InChI=1S/C20H36N4O2S.HI/c1-7-21-20(22-13-8-14-24(16(2)3)17(4)5)23-15-18-9-11-19(12-10-18)27(6,25)26;/h9-12,16-17H,7-8,13-15H2,1-6H3,(H2,21,22,23);1H. The van der Waals surface area contributed by atoms with Crippen molar-refractivity contribution in [3.05, 3.63) is 29.8 Å².